The predicted molar refractivity (Wildman–Crippen MR) is 82.3 cm³/mol. The van der Waals surface area contributed by atoms with Crippen LogP contribution in [0, 0.1) is 0 Å². The van der Waals surface area contributed by atoms with Crippen molar-refractivity contribution in [2.24, 2.45) is 7.05 Å². The van der Waals surface area contributed by atoms with Gasteiger partial charge in [-0.1, -0.05) is 16.5 Å². The molecule has 0 aromatic carbocycles. The summed E-state index contributed by atoms with van der Waals surface area (Å²) in [5.41, 5.74) is 1.64. The molecule has 0 bridgehead atoms. The van der Waals surface area contributed by atoms with Crippen molar-refractivity contribution in [2.75, 3.05) is 6.61 Å². The van der Waals surface area contributed by atoms with Crippen LogP contribution in [0.25, 0.3) is 11.3 Å². The Hall–Kier alpha value is -2.68. The summed E-state index contributed by atoms with van der Waals surface area (Å²) < 4.78 is 13.2. The van der Waals surface area contributed by atoms with Gasteiger partial charge in [-0.2, -0.15) is 5.10 Å². The molecule has 0 aliphatic heterocycles. The highest BCUT2D eigenvalue weighted by atomic mass is 32.1. The van der Waals surface area contributed by atoms with Gasteiger partial charge in [-0.3, -0.25) is 14.0 Å². The first-order valence-corrected chi connectivity index (χ1v) is 7.76. The van der Waals surface area contributed by atoms with Gasteiger partial charge in [-0.25, -0.2) is 4.79 Å². The minimum Gasteiger partial charge on any atom is -0.461 e. The molecule has 0 spiro atoms. The van der Waals surface area contributed by atoms with Crippen molar-refractivity contribution in [1.29, 1.82) is 0 Å². The largest absolute Gasteiger partial charge is 0.461 e. The van der Waals surface area contributed by atoms with E-state index in [1.54, 1.807) is 30.9 Å². The number of hydrogen-bond acceptors (Lipinski definition) is 7. The van der Waals surface area contributed by atoms with Gasteiger partial charge in [0.1, 0.15) is 11.4 Å². The molecule has 23 heavy (non-hydrogen) atoms. The van der Waals surface area contributed by atoms with Gasteiger partial charge in [0.25, 0.3) is 0 Å². The number of carbonyl (C=O) groups is 1. The lowest BCUT2D eigenvalue weighted by Crippen LogP contribution is -2.20. The van der Waals surface area contributed by atoms with Crippen LogP contribution in [0.15, 0.2) is 33.2 Å². The molecule has 0 fully saturated rings. The van der Waals surface area contributed by atoms with Gasteiger partial charge in [0, 0.05) is 30.3 Å². The van der Waals surface area contributed by atoms with Crippen molar-refractivity contribution in [1.82, 2.24) is 19.5 Å². The minimum atomic E-state index is -0.530. The van der Waals surface area contributed by atoms with Crippen LogP contribution in [0.2, 0.25) is 0 Å². The van der Waals surface area contributed by atoms with Crippen molar-refractivity contribution >= 4 is 17.3 Å². The van der Waals surface area contributed by atoms with Gasteiger partial charge >= 0.3 is 10.8 Å². The molecular weight excluding hydrogens is 320 g/mol. The molecule has 0 atom stereocenters. The average Bonchev–Trinajstić information content (AvgIpc) is 3.22. The summed E-state index contributed by atoms with van der Waals surface area (Å²) in [5.74, 6) is -0.0623. The molecule has 9 heteroatoms. The Morgan fingerprint density at radius 2 is 2.30 bits per heavy atom. The number of aryl methyl sites for hydroxylation is 1. The first kappa shape index (κ1) is 15.2. The number of esters is 1. The summed E-state index contributed by atoms with van der Waals surface area (Å²) in [4.78, 5) is 23.5. The second-order valence-corrected chi connectivity index (χ2v) is 5.60. The minimum absolute atomic E-state index is 0.115. The zero-order valence-electron chi connectivity index (χ0n) is 12.6. The molecular formula is C14H14N4O4S. The summed E-state index contributed by atoms with van der Waals surface area (Å²) in [6.45, 7) is 2.07. The molecule has 120 valence electrons. The van der Waals surface area contributed by atoms with E-state index in [0.717, 1.165) is 16.9 Å². The summed E-state index contributed by atoms with van der Waals surface area (Å²) in [6.07, 6.45) is 3.48. The van der Waals surface area contributed by atoms with E-state index in [0.29, 0.717) is 11.5 Å². The molecule has 3 aromatic rings. The third-order valence-corrected chi connectivity index (χ3v) is 3.90. The van der Waals surface area contributed by atoms with Gasteiger partial charge in [0.15, 0.2) is 5.76 Å². The van der Waals surface area contributed by atoms with Gasteiger partial charge < -0.3 is 9.26 Å². The maximum atomic E-state index is 11.9. The molecule has 0 aliphatic rings. The Kier molecular flexibility index (Phi) is 4.11. The van der Waals surface area contributed by atoms with E-state index >= 15 is 0 Å². The van der Waals surface area contributed by atoms with Gasteiger partial charge in [0.2, 0.25) is 0 Å². The monoisotopic (exact) mass is 334 g/mol. The van der Waals surface area contributed by atoms with E-state index in [1.807, 2.05) is 6.20 Å². The summed E-state index contributed by atoms with van der Waals surface area (Å²) in [6, 6.07) is 1.72. The third kappa shape index (κ3) is 3.09. The number of carbonyl (C=O) groups excluding carboxylic acids is 1. The molecule has 0 saturated carbocycles. The third-order valence-electron chi connectivity index (χ3n) is 3.14. The molecule has 0 unspecified atom stereocenters. The normalized spacial score (nSPS) is 10.9. The first-order chi connectivity index (χ1) is 11.1. The van der Waals surface area contributed by atoms with Gasteiger partial charge in [-0.15, -0.1) is 0 Å². The SMILES string of the molecule is CCOC(=O)c1csc(=O)n1Cc1cc(-c2cnn(C)c2)no1. The van der Waals surface area contributed by atoms with Crippen LogP contribution in [0.3, 0.4) is 0 Å². The highest BCUT2D eigenvalue weighted by Gasteiger charge is 2.18. The zero-order valence-corrected chi connectivity index (χ0v) is 13.4. The second kappa shape index (κ2) is 6.21. The number of hydrogen-bond donors (Lipinski definition) is 0. The highest BCUT2D eigenvalue weighted by Crippen LogP contribution is 2.19. The summed E-state index contributed by atoms with van der Waals surface area (Å²) >= 11 is 0.942. The van der Waals surface area contributed by atoms with Crippen molar-refractivity contribution in [3.63, 3.8) is 0 Å². The first-order valence-electron chi connectivity index (χ1n) is 6.88. The quantitative estimate of drug-likeness (QED) is 0.657. The molecule has 3 heterocycles. The molecule has 0 radical (unpaired) electrons. The highest BCUT2D eigenvalue weighted by molar-refractivity contribution is 7.07. The fourth-order valence-corrected chi connectivity index (χ4v) is 2.80. The van der Waals surface area contributed by atoms with Crippen molar-refractivity contribution < 1.29 is 14.1 Å². The number of thiazole rings is 1. The number of ether oxygens (including phenoxy) is 1. The molecule has 0 saturated heterocycles. The van der Waals surface area contributed by atoms with Gasteiger partial charge in [-0.05, 0) is 6.92 Å². The van der Waals surface area contributed by atoms with Crippen molar-refractivity contribution in [3.8, 4) is 11.3 Å². The van der Waals surface area contributed by atoms with Crippen LogP contribution in [0.1, 0.15) is 23.2 Å². The molecule has 0 amide bonds. The fraction of sp³-hybridized carbons (Fsp3) is 0.286. The van der Waals surface area contributed by atoms with Gasteiger partial charge in [0.05, 0.1) is 19.3 Å². The maximum Gasteiger partial charge on any atom is 0.355 e. The topological polar surface area (TPSA) is 92.2 Å². The van der Waals surface area contributed by atoms with E-state index in [9.17, 15) is 9.59 Å². The van der Waals surface area contributed by atoms with Crippen LogP contribution >= 0.6 is 11.3 Å². The molecule has 3 aromatic heterocycles. The standard InChI is InChI=1S/C14H14N4O4S/c1-3-21-13(19)12-8-23-14(20)18(12)7-10-4-11(16-22-10)9-5-15-17(2)6-9/h4-6,8H,3,7H2,1-2H3. The lowest BCUT2D eigenvalue weighted by molar-refractivity contribution is 0.0513. The van der Waals surface area contributed by atoms with Crippen LogP contribution in [-0.4, -0.2) is 32.1 Å². The lowest BCUT2D eigenvalue weighted by atomic mass is 10.2. The van der Waals surface area contributed by atoms with Crippen LogP contribution < -0.4 is 4.87 Å². The number of nitrogens with zero attached hydrogens (tertiary/aromatic N) is 4. The number of rotatable bonds is 5. The maximum absolute atomic E-state index is 11.9. The summed E-state index contributed by atoms with van der Waals surface area (Å²) in [7, 11) is 1.81. The molecule has 0 aliphatic carbocycles. The van der Waals surface area contributed by atoms with E-state index in [2.05, 4.69) is 10.3 Å². The molecule has 0 N–H and O–H groups in total. The zero-order chi connectivity index (χ0) is 16.4. The van der Waals surface area contributed by atoms with E-state index in [1.165, 1.54) is 9.95 Å². The Balaban J connectivity index is 1.86. The Morgan fingerprint density at radius 3 is 3.00 bits per heavy atom. The predicted octanol–water partition coefficient (Wildman–Crippen LogP) is 1.52. The van der Waals surface area contributed by atoms with E-state index in [-0.39, 0.29) is 23.7 Å². The molecule has 8 nitrogen and oxygen atoms in total. The van der Waals surface area contributed by atoms with Crippen LogP contribution in [-0.2, 0) is 18.3 Å². The molecule has 3 rings (SSSR count). The van der Waals surface area contributed by atoms with Crippen LogP contribution in [0.4, 0.5) is 0 Å². The van der Waals surface area contributed by atoms with Crippen molar-refractivity contribution in [3.05, 3.63) is 45.0 Å². The number of aromatic nitrogens is 4. The van der Waals surface area contributed by atoms with E-state index < -0.39 is 5.97 Å². The Bertz CT molecular complexity index is 889. The lowest BCUT2D eigenvalue weighted by Gasteiger charge is -2.04. The summed E-state index contributed by atoms with van der Waals surface area (Å²) in [5, 5.41) is 9.52. The Labute approximate surface area is 134 Å². The van der Waals surface area contributed by atoms with E-state index in [4.69, 9.17) is 9.26 Å². The average molecular weight is 334 g/mol. The van der Waals surface area contributed by atoms with Crippen LogP contribution in [0.5, 0.6) is 0 Å². The smallest absolute Gasteiger partial charge is 0.355 e. The Morgan fingerprint density at radius 1 is 1.48 bits per heavy atom. The fourth-order valence-electron chi connectivity index (χ4n) is 2.08. The second-order valence-electron chi connectivity index (χ2n) is 4.77. The van der Waals surface area contributed by atoms with Crippen molar-refractivity contribution in [2.45, 2.75) is 13.5 Å².